The molecule has 2 aromatic carbocycles. The number of nitrogens with zero attached hydrogens (tertiary/aromatic N) is 1. The minimum atomic E-state index is 0.263. The smallest absolute Gasteiger partial charge is 0.231 e. The molecular formula is C16H17N3O3. The van der Waals surface area contributed by atoms with Gasteiger partial charge in [-0.3, -0.25) is 0 Å². The first-order valence-corrected chi connectivity index (χ1v) is 6.85. The molecule has 2 aromatic rings. The van der Waals surface area contributed by atoms with Crippen molar-refractivity contribution in [2.75, 3.05) is 19.2 Å². The van der Waals surface area contributed by atoms with Crippen LogP contribution in [0.1, 0.15) is 5.56 Å². The second kappa shape index (κ2) is 6.26. The van der Waals surface area contributed by atoms with Gasteiger partial charge in [-0.2, -0.15) is 0 Å². The second-order valence-electron chi connectivity index (χ2n) is 4.71. The molecule has 0 amide bonds. The maximum atomic E-state index is 5.92. The van der Waals surface area contributed by atoms with Crippen molar-refractivity contribution in [1.29, 1.82) is 0 Å². The van der Waals surface area contributed by atoms with Crippen LogP contribution in [0.25, 0.3) is 0 Å². The fourth-order valence-electron chi connectivity index (χ4n) is 2.14. The standard InChI is InChI=1S/C16H17N3O3/c1-20-13-5-3-2-4-12(13)19-16(17)18-9-11-6-7-14-15(8-11)22-10-21-14/h2-8H,9-10H2,1H3,(H3,17,18,19). The summed E-state index contributed by atoms with van der Waals surface area (Å²) in [5.74, 6) is 2.53. The molecule has 1 heterocycles. The molecule has 0 aliphatic carbocycles. The number of aliphatic imine (C=N–C) groups is 1. The summed E-state index contributed by atoms with van der Waals surface area (Å²) < 4.78 is 15.9. The summed E-state index contributed by atoms with van der Waals surface area (Å²) in [5, 5.41) is 3.03. The van der Waals surface area contributed by atoms with Gasteiger partial charge in [-0.25, -0.2) is 4.99 Å². The molecule has 114 valence electrons. The molecule has 0 aromatic heterocycles. The van der Waals surface area contributed by atoms with Crippen LogP contribution in [0.3, 0.4) is 0 Å². The Labute approximate surface area is 128 Å². The van der Waals surface area contributed by atoms with E-state index in [4.69, 9.17) is 19.9 Å². The van der Waals surface area contributed by atoms with E-state index in [0.717, 1.165) is 22.7 Å². The van der Waals surface area contributed by atoms with Crippen LogP contribution in [-0.2, 0) is 6.54 Å². The number of hydrogen-bond acceptors (Lipinski definition) is 4. The van der Waals surface area contributed by atoms with Gasteiger partial charge >= 0.3 is 0 Å². The Hall–Kier alpha value is -2.89. The van der Waals surface area contributed by atoms with Gasteiger partial charge in [0.25, 0.3) is 0 Å². The van der Waals surface area contributed by atoms with Crippen molar-refractivity contribution in [3.05, 3.63) is 48.0 Å². The number of nitrogens with two attached hydrogens (primary N) is 1. The Morgan fingerprint density at radius 1 is 1.23 bits per heavy atom. The Morgan fingerprint density at radius 2 is 2.05 bits per heavy atom. The van der Waals surface area contributed by atoms with E-state index in [0.29, 0.717) is 18.3 Å². The number of nitrogens with one attached hydrogen (secondary N) is 1. The molecule has 0 atom stereocenters. The average molecular weight is 299 g/mol. The zero-order valence-corrected chi connectivity index (χ0v) is 12.2. The Morgan fingerprint density at radius 3 is 2.91 bits per heavy atom. The van der Waals surface area contributed by atoms with Crippen molar-refractivity contribution in [3.8, 4) is 17.2 Å². The van der Waals surface area contributed by atoms with Gasteiger partial charge in [0.2, 0.25) is 6.79 Å². The average Bonchev–Trinajstić information content (AvgIpc) is 3.01. The van der Waals surface area contributed by atoms with Gasteiger partial charge < -0.3 is 25.3 Å². The topological polar surface area (TPSA) is 78.1 Å². The number of methoxy groups -OCH3 is 1. The lowest BCUT2D eigenvalue weighted by Gasteiger charge is -2.10. The molecule has 0 bridgehead atoms. The van der Waals surface area contributed by atoms with Gasteiger partial charge in [-0.05, 0) is 29.8 Å². The molecule has 6 nitrogen and oxygen atoms in total. The van der Waals surface area contributed by atoms with E-state index in [1.165, 1.54) is 0 Å². The molecule has 6 heteroatoms. The predicted molar refractivity (Wildman–Crippen MR) is 84.5 cm³/mol. The van der Waals surface area contributed by atoms with E-state index in [2.05, 4.69) is 10.3 Å². The lowest BCUT2D eigenvalue weighted by molar-refractivity contribution is 0.174. The molecule has 3 N–H and O–H groups in total. The highest BCUT2D eigenvalue weighted by Crippen LogP contribution is 2.32. The van der Waals surface area contributed by atoms with Crippen molar-refractivity contribution >= 4 is 11.6 Å². The fraction of sp³-hybridized carbons (Fsp3) is 0.188. The van der Waals surface area contributed by atoms with Crippen LogP contribution in [0.4, 0.5) is 5.69 Å². The largest absolute Gasteiger partial charge is 0.495 e. The van der Waals surface area contributed by atoms with Gasteiger partial charge in [0, 0.05) is 0 Å². The Bertz CT molecular complexity index is 701. The normalized spacial score (nSPS) is 13.0. The molecule has 1 aliphatic rings. The number of rotatable bonds is 4. The number of para-hydroxylation sites is 2. The Kier molecular flexibility index (Phi) is 4.00. The van der Waals surface area contributed by atoms with E-state index in [-0.39, 0.29) is 6.79 Å². The highest BCUT2D eigenvalue weighted by atomic mass is 16.7. The Balaban J connectivity index is 1.67. The number of fused-ring (bicyclic) bond motifs is 1. The summed E-state index contributed by atoms with van der Waals surface area (Å²) in [6.45, 7) is 0.712. The van der Waals surface area contributed by atoms with E-state index in [9.17, 15) is 0 Å². The maximum absolute atomic E-state index is 5.92. The molecular weight excluding hydrogens is 282 g/mol. The van der Waals surface area contributed by atoms with Crippen LogP contribution in [0.15, 0.2) is 47.5 Å². The summed E-state index contributed by atoms with van der Waals surface area (Å²) in [6.07, 6.45) is 0. The minimum Gasteiger partial charge on any atom is -0.495 e. The van der Waals surface area contributed by atoms with Gasteiger partial charge in [0.1, 0.15) is 5.75 Å². The molecule has 0 spiro atoms. The number of ether oxygens (including phenoxy) is 3. The number of anilines is 1. The van der Waals surface area contributed by atoms with Crippen LogP contribution in [0.5, 0.6) is 17.2 Å². The first-order valence-electron chi connectivity index (χ1n) is 6.85. The molecule has 1 aliphatic heterocycles. The van der Waals surface area contributed by atoms with Crippen LogP contribution >= 0.6 is 0 Å². The fourth-order valence-corrected chi connectivity index (χ4v) is 2.14. The monoisotopic (exact) mass is 299 g/mol. The second-order valence-corrected chi connectivity index (χ2v) is 4.71. The predicted octanol–water partition coefficient (Wildman–Crippen LogP) is 2.35. The van der Waals surface area contributed by atoms with E-state index >= 15 is 0 Å². The lowest BCUT2D eigenvalue weighted by Crippen LogP contribution is -2.22. The molecule has 22 heavy (non-hydrogen) atoms. The van der Waals surface area contributed by atoms with Gasteiger partial charge in [0.05, 0.1) is 19.3 Å². The summed E-state index contributed by atoms with van der Waals surface area (Å²) in [7, 11) is 1.61. The zero-order valence-electron chi connectivity index (χ0n) is 12.2. The van der Waals surface area contributed by atoms with Crippen molar-refractivity contribution in [2.24, 2.45) is 10.7 Å². The molecule has 0 radical (unpaired) electrons. The zero-order chi connectivity index (χ0) is 15.4. The van der Waals surface area contributed by atoms with E-state index in [1.54, 1.807) is 7.11 Å². The van der Waals surface area contributed by atoms with Gasteiger partial charge in [-0.15, -0.1) is 0 Å². The molecule has 0 saturated carbocycles. The van der Waals surface area contributed by atoms with E-state index < -0.39 is 0 Å². The first kappa shape index (κ1) is 14.1. The maximum Gasteiger partial charge on any atom is 0.231 e. The third-order valence-corrected chi connectivity index (χ3v) is 3.24. The minimum absolute atomic E-state index is 0.263. The SMILES string of the molecule is COc1ccccc1NC(N)=NCc1ccc2c(c1)OCO2. The van der Waals surface area contributed by atoms with Crippen LogP contribution < -0.4 is 25.3 Å². The third kappa shape index (κ3) is 3.06. The number of hydrogen-bond donors (Lipinski definition) is 2. The van der Waals surface area contributed by atoms with Crippen LogP contribution in [-0.4, -0.2) is 19.9 Å². The molecule has 0 unspecified atom stereocenters. The van der Waals surface area contributed by atoms with Gasteiger partial charge in [-0.1, -0.05) is 18.2 Å². The summed E-state index contributed by atoms with van der Waals surface area (Å²) in [5.41, 5.74) is 7.69. The lowest BCUT2D eigenvalue weighted by atomic mass is 10.2. The van der Waals surface area contributed by atoms with Gasteiger partial charge in [0.15, 0.2) is 17.5 Å². The molecule has 0 fully saturated rings. The molecule has 3 rings (SSSR count). The quantitative estimate of drug-likeness (QED) is 0.669. The summed E-state index contributed by atoms with van der Waals surface area (Å²) in [4.78, 5) is 4.32. The third-order valence-electron chi connectivity index (χ3n) is 3.24. The number of guanidine groups is 1. The van der Waals surface area contributed by atoms with Crippen molar-refractivity contribution in [1.82, 2.24) is 0 Å². The van der Waals surface area contributed by atoms with Crippen LogP contribution in [0.2, 0.25) is 0 Å². The summed E-state index contributed by atoms with van der Waals surface area (Å²) in [6, 6.07) is 13.2. The summed E-state index contributed by atoms with van der Waals surface area (Å²) >= 11 is 0. The highest BCUT2D eigenvalue weighted by molar-refractivity contribution is 5.93. The number of benzene rings is 2. The van der Waals surface area contributed by atoms with Crippen molar-refractivity contribution < 1.29 is 14.2 Å². The van der Waals surface area contributed by atoms with E-state index in [1.807, 2.05) is 42.5 Å². The highest BCUT2D eigenvalue weighted by Gasteiger charge is 2.12. The van der Waals surface area contributed by atoms with Crippen molar-refractivity contribution in [2.45, 2.75) is 6.54 Å². The van der Waals surface area contributed by atoms with Crippen molar-refractivity contribution in [3.63, 3.8) is 0 Å². The molecule has 0 saturated heterocycles. The van der Waals surface area contributed by atoms with Crippen LogP contribution in [0, 0.1) is 0 Å². The first-order chi connectivity index (χ1) is 10.8.